The van der Waals surface area contributed by atoms with Gasteiger partial charge < -0.3 is 4.42 Å². The van der Waals surface area contributed by atoms with E-state index in [1.807, 2.05) is 42.5 Å². The van der Waals surface area contributed by atoms with Crippen LogP contribution < -0.4 is 0 Å². The molecule has 2 aromatic heterocycles. The zero-order valence-corrected chi connectivity index (χ0v) is 30.1. The number of aromatic nitrogens is 3. The van der Waals surface area contributed by atoms with Gasteiger partial charge in [-0.2, -0.15) is 0 Å². The van der Waals surface area contributed by atoms with E-state index in [0.29, 0.717) is 17.5 Å². The van der Waals surface area contributed by atoms with Crippen molar-refractivity contribution < 1.29 is 4.42 Å². The summed E-state index contributed by atoms with van der Waals surface area (Å²) < 4.78 is 6.84. The van der Waals surface area contributed by atoms with Crippen molar-refractivity contribution in [2.75, 3.05) is 0 Å². The smallest absolute Gasteiger partial charge is 0.164 e. The molecule has 2 aliphatic rings. The third-order valence-electron chi connectivity index (χ3n) is 11.7. The molecule has 1 spiro atoms. The maximum atomic E-state index is 6.84. The molecule has 0 unspecified atom stereocenters. The van der Waals surface area contributed by atoms with Crippen LogP contribution in [0.25, 0.3) is 89.5 Å². The molecule has 0 saturated heterocycles. The summed E-state index contributed by atoms with van der Waals surface area (Å²) in [6.45, 7) is 0. The van der Waals surface area contributed by atoms with Crippen molar-refractivity contribution in [1.82, 2.24) is 15.0 Å². The van der Waals surface area contributed by atoms with Gasteiger partial charge in [0.05, 0.1) is 5.41 Å². The molecule has 260 valence electrons. The Kier molecular flexibility index (Phi) is 6.52. The first-order valence-corrected chi connectivity index (χ1v) is 19.0. The van der Waals surface area contributed by atoms with Crippen molar-refractivity contribution >= 4 is 21.9 Å². The van der Waals surface area contributed by atoms with E-state index in [-0.39, 0.29) is 0 Å². The second kappa shape index (κ2) is 11.8. The Bertz CT molecular complexity index is 3160. The zero-order chi connectivity index (χ0) is 36.8. The number of benzene rings is 8. The predicted molar refractivity (Wildman–Crippen MR) is 225 cm³/mol. The average molecular weight is 714 g/mol. The molecule has 0 atom stereocenters. The Hall–Kier alpha value is -7.43. The Labute approximate surface area is 323 Å². The normalized spacial score (nSPS) is 13.1. The molecule has 0 saturated carbocycles. The molecule has 8 aromatic carbocycles. The van der Waals surface area contributed by atoms with Gasteiger partial charge in [-0.25, -0.2) is 15.0 Å². The number of furan rings is 1. The first-order valence-electron chi connectivity index (χ1n) is 19.0. The molecule has 4 heteroatoms. The molecule has 4 nitrogen and oxygen atoms in total. The van der Waals surface area contributed by atoms with E-state index in [9.17, 15) is 0 Å². The minimum atomic E-state index is -0.447. The Morgan fingerprint density at radius 2 is 0.821 bits per heavy atom. The molecule has 2 aliphatic carbocycles. The lowest BCUT2D eigenvalue weighted by Gasteiger charge is -2.30. The van der Waals surface area contributed by atoms with Crippen molar-refractivity contribution in [2.24, 2.45) is 0 Å². The Balaban J connectivity index is 1.10. The summed E-state index contributed by atoms with van der Waals surface area (Å²) in [5.41, 5.74) is 16.4. The molecule has 0 amide bonds. The molecular weight excluding hydrogens is 683 g/mol. The van der Waals surface area contributed by atoms with Crippen LogP contribution in [0.15, 0.2) is 192 Å². The highest BCUT2D eigenvalue weighted by Gasteiger charge is 2.51. The van der Waals surface area contributed by atoms with Crippen LogP contribution in [-0.2, 0) is 5.41 Å². The van der Waals surface area contributed by atoms with E-state index in [1.165, 1.54) is 44.5 Å². The highest BCUT2D eigenvalue weighted by atomic mass is 16.3. The van der Waals surface area contributed by atoms with Crippen molar-refractivity contribution in [1.29, 1.82) is 0 Å². The molecule has 0 radical (unpaired) electrons. The third-order valence-corrected chi connectivity index (χ3v) is 11.7. The van der Waals surface area contributed by atoms with Crippen LogP contribution in [0.1, 0.15) is 22.3 Å². The molecule has 10 aromatic rings. The van der Waals surface area contributed by atoms with E-state index in [2.05, 4.69) is 146 Å². The fourth-order valence-electron chi connectivity index (χ4n) is 9.41. The van der Waals surface area contributed by atoms with Crippen LogP contribution in [0.4, 0.5) is 0 Å². The van der Waals surface area contributed by atoms with Crippen LogP contribution >= 0.6 is 0 Å². The summed E-state index contributed by atoms with van der Waals surface area (Å²) in [6, 6.07) is 66.5. The lowest BCUT2D eigenvalue weighted by molar-refractivity contribution is 0.666. The Morgan fingerprint density at radius 3 is 1.50 bits per heavy atom. The van der Waals surface area contributed by atoms with Crippen molar-refractivity contribution in [3.63, 3.8) is 0 Å². The molecule has 2 heterocycles. The SMILES string of the molecule is c1ccc(-c2cccc(-c3nc(-c4ccccc4)nc(-c4cccc5oc6cc7c(cc6c45)-c4ccccc4C74c5ccccc5-c5ccccc54)n3)c2)cc1. The second-order valence-electron chi connectivity index (χ2n) is 14.7. The van der Waals surface area contributed by atoms with Gasteiger partial charge in [-0.3, -0.25) is 0 Å². The fourth-order valence-corrected chi connectivity index (χ4v) is 9.41. The Morgan fingerprint density at radius 1 is 0.321 bits per heavy atom. The van der Waals surface area contributed by atoms with Gasteiger partial charge in [0.15, 0.2) is 17.5 Å². The maximum Gasteiger partial charge on any atom is 0.164 e. The number of hydrogen-bond acceptors (Lipinski definition) is 4. The first kappa shape index (κ1) is 31.0. The molecule has 56 heavy (non-hydrogen) atoms. The van der Waals surface area contributed by atoms with Crippen LogP contribution in [0.3, 0.4) is 0 Å². The van der Waals surface area contributed by atoms with Gasteiger partial charge in [-0.05, 0) is 79.9 Å². The average Bonchev–Trinajstić information content (AvgIpc) is 3.90. The highest BCUT2D eigenvalue weighted by molar-refractivity contribution is 6.14. The maximum absolute atomic E-state index is 6.84. The summed E-state index contributed by atoms with van der Waals surface area (Å²) in [4.78, 5) is 15.5. The van der Waals surface area contributed by atoms with Gasteiger partial charge in [0.2, 0.25) is 0 Å². The number of rotatable bonds is 4. The summed E-state index contributed by atoms with van der Waals surface area (Å²) >= 11 is 0. The predicted octanol–water partition coefficient (Wildman–Crippen LogP) is 12.8. The van der Waals surface area contributed by atoms with Crippen LogP contribution in [-0.4, -0.2) is 15.0 Å². The minimum Gasteiger partial charge on any atom is -0.456 e. The minimum absolute atomic E-state index is 0.447. The van der Waals surface area contributed by atoms with Gasteiger partial charge in [-0.1, -0.05) is 164 Å². The topological polar surface area (TPSA) is 51.8 Å². The molecule has 0 bridgehead atoms. The van der Waals surface area contributed by atoms with Crippen molar-refractivity contribution in [3.05, 3.63) is 210 Å². The lowest BCUT2D eigenvalue weighted by atomic mass is 9.70. The molecule has 0 N–H and O–H groups in total. The summed E-state index contributed by atoms with van der Waals surface area (Å²) in [6.07, 6.45) is 0. The monoisotopic (exact) mass is 713 g/mol. The standard InChI is InChI=1S/C52H31N3O/c1-3-15-32(16-4-1)34-19-13-20-35(29-34)50-53-49(33-17-5-2-6-18-33)54-51(55-50)39-24-14-28-46-48(39)41-30-40-38-23-9-12-27-44(38)52(45(40)31-47(41)56-46)42-25-10-7-21-36(42)37-22-8-11-26-43(37)52/h1-31H. The largest absolute Gasteiger partial charge is 0.456 e. The van der Waals surface area contributed by atoms with E-state index >= 15 is 0 Å². The second-order valence-corrected chi connectivity index (χ2v) is 14.7. The number of hydrogen-bond donors (Lipinski definition) is 0. The first-order chi connectivity index (χ1) is 27.8. The summed E-state index contributed by atoms with van der Waals surface area (Å²) in [5.74, 6) is 1.84. The van der Waals surface area contributed by atoms with Gasteiger partial charge in [-0.15, -0.1) is 0 Å². The molecule has 0 fully saturated rings. The van der Waals surface area contributed by atoms with E-state index in [0.717, 1.165) is 49.8 Å². The van der Waals surface area contributed by atoms with E-state index in [4.69, 9.17) is 19.4 Å². The van der Waals surface area contributed by atoms with E-state index < -0.39 is 5.41 Å². The highest BCUT2D eigenvalue weighted by Crippen LogP contribution is 2.63. The zero-order valence-electron chi connectivity index (χ0n) is 30.1. The summed E-state index contributed by atoms with van der Waals surface area (Å²) in [5, 5.41) is 2.03. The van der Waals surface area contributed by atoms with Gasteiger partial charge >= 0.3 is 0 Å². The number of fused-ring (bicyclic) bond motifs is 13. The molecular formula is C52H31N3O. The van der Waals surface area contributed by atoms with Crippen LogP contribution in [0.2, 0.25) is 0 Å². The fraction of sp³-hybridized carbons (Fsp3) is 0.0192. The third kappa shape index (κ3) is 4.32. The van der Waals surface area contributed by atoms with E-state index in [1.54, 1.807) is 0 Å². The molecule has 12 rings (SSSR count). The number of nitrogens with zero attached hydrogens (tertiary/aromatic N) is 3. The van der Waals surface area contributed by atoms with Crippen molar-refractivity contribution in [2.45, 2.75) is 5.41 Å². The molecule has 0 aliphatic heterocycles. The van der Waals surface area contributed by atoms with Crippen molar-refractivity contribution in [3.8, 4) is 67.5 Å². The van der Waals surface area contributed by atoms with Gasteiger partial charge in [0.25, 0.3) is 0 Å². The van der Waals surface area contributed by atoms with Crippen LogP contribution in [0.5, 0.6) is 0 Å². The van der Waals surface area contributed by atoms with Gasteiger partial charge in [0, 0.05) is 27.5 Å². The summed E-state index contributed by atoms with van der Waals surface area (Å²) in [7, 11) is 0. The van der Waals surface area contributed by atoms with Gasteiger partial charge in [0.1, 0.15) is 11.2 Å². The quantitative estimate of drug-likeness (QED) is 0.182. The lowest BCUT2D eigenvalue weighted by Crippen LogP contribution is -2.25. The van der Waals surface area contributed by atoms with Crippen LogP contribution in [0, 0.1) is 0 Å².